The molecule has 0 fully saturated rings. The van der Waals surface area contributed by atoms with Gasteiger partial charge in [-0.1, -0.05) is 65.4 Å². The summed E-state index contributed by atoms with van der Waals surface area (Å²) >= 11 is 1.48. The number of carbonyl (C=O) groups is 1. The van der Waals surface area contributed by atoms with Gasteiger partial charge < -0.3 is 10.4 Å². The molecule has 0 aliphatic carbocycles. The Bertz CT molecular complexity index is 895. The van der Waals surface area contributed by atoms with Crippen LogP contribution in [-0.2, 0) is 15.6 Å². The zero-order valence-electron chi connectivity index (χ0n) is 16.8. The van der Waals surface area contributed by atoms with Gasteiger partial charge >= 0.3 is 0 Å². The molecule has 27 heavy (non-hydrogen) atoms. The Hall–Kier alpha value is -2.20. The fourth-order valence-electron chi connectivity index (χ4n) is 3.14. The van der Waals surface area contributed by atoms with Crippen LogP contribution in [0.3, 0.4) is 0 Å². The van der Waals surface area contributed by atoms with Crippen LogP contribution in [0.2, 0.25) is 0 Å². The summed E-state index contributed by atoms with van der Waals surface area (Å²) in [7, 11) is 0. The van der Waals surface area contributed by atoms with Crippen molar-refractivity contribution in [2.45, 2.75) is 57.3 Å². The van der Waals surface area contributed by atoms with E-state index in [0.29, 0.717) is 10.7 Å². The van der Waals surface area contributed by atoms with E-state index in [1.54, 1.807) is 0 Å². The number of thioether (sulfide) groups is 1. The normalized spacial score (nSPS) is 16.2. The number of fused-ring (bicyclic) bond motifs is 1. The highest BCUT2D eigenvalue weighted by molar-refractivity contribution is 8.04. The molecule has 0 unspecified atom stereocenters. The summed E-state index contributed by atoms with van der Waals surface area (Å²) in [6, 6.07) is 11.8. The number of phenolic OH excluding ortho intramolecular Hbond substituents is 1. The molecule has 3 nitrogen and oxygen atoms in total. The zero-order valence-corrected chi connectivity index (χ0v) is 17.6. The van der Waals surface area contributed by atoms with E-state index < -0.39 is 0 Å². The van der Waals surface area contributed by atoms with Crippen LogP contribution >= 0.6 is 11.8 Å². The predicted octanol–water partition coefficient (Wildman–Crippen LogP) is 6.07. The number of rotatable bonds is 1. The minimum atomic E-state index is -0.201. The van der Waals surface area contributed by atoms with Crippen LogP contribution in [0.4, 0.5) is 5.69 Å². The first-order valence-electron chi connectivity index (χ1n) is 9.15. The van der Waals surface area contributed by atoms with E-state index in [0.717, 1.165) is 27.3 Å². The second-order valence-corrected chi connectivity index (χ2v) is 10.1. The third-order valence-corrected chi connectivity index (χ3v) is 5.72. The quantitative estimate of drug-likeness (QED) is 0.589. The number of nitrogens with one attached hydrogen (secondary N) is 1. The predicted molar refractivity (Wildman–Crippen MR) is 114 cm³/mol. The second kappa shape index (κ2) is 6.75. The van der Waals surface area contributed by atoms with Crippen LogP contribution < -0.4 is 5.32 Å². The number of carbonyl (C=O) groups excluding carboxylic acids is 1. The van der Waals surface area contributed by atoms with E-state index in [9.17, 15) is 9.90 Å². The number of aromatic hydroxyl groups is 1. The largest absolute Gasteiger partial charge is 0.507 e. The SMILES string of the molecule is CC(C)(C)c1cc(/C=C2\Sc3ccccc3NC2=O)cc(C(C)(C)C)c1O. The minimum Gasteiger partial charge on any atom is -0.507 e. The maximum Gasteiger partial charge on any atom is 0.262 e. The Labute approximate surface area is 165 Å². The van der Waals surface area contributed by atoms with Gasteiger partial charge in [-0.2, -0.15) is 0 Å². The van der Waals surface area contributed by atoms with Gasteiger partial charge in [0.05, 0.1) is 10.6 Å². The van der Waals surface area contributed by atoms with Crippen molar-refractivity contribution in [1.29, 1.82) is 0 Å². The lowest BCUT2D eigenvalue weighted by Crippen LogP contribution is -2.18. The lowest BCUT2D eigenvalue weighted by molar-refractivity contribution is -0.112. The first kappa shape index (κ1) is 19.6. The van der Waals surface area contributed by atoms with Crippen molar-refractivity contribution in [2.75, 3.05) is 5.32 Å². The highest BCUT2D eigenvalue weighted by atomic mass is 32.2. The van der Waals surface area contributed by atoms with Crippen LogP contribution in [0.15, 0.2) is 46.2 Å². The van der Waals surface area contributed by atoms with Crippen LogP contribution in [0.25, 0.3) is 6.08 Å². The van der Waals surface area contributed by atoms with Crippen LogP contribution in [0.1, 0.15) is 58.2 Å². The molecule has 1 amide bonds. The van der Waals surface area contributed by atoms with E-state index in [2.05, 4.69) is 46.9 Å². The molecule has 0 saturated carbocycles. The molecule has 0 radical (unpaired) electrons. The first-order valence-corrected chi connectivity index (χ1v) is 9.96. The Morgan fingerprint density at radius 3 is 2.07 bits per heavy atom. The van der Waals surface area contributed by atoms with Gasteiger partial charge in [0.1, 0.15) is 5.75 Å². The van der Waals surface area contributed by atoms with Gasteiger partial charge in [0.15, 0.2) is 0 Å². The molecule has 2 aromatic rings. The van der Waals surface area contributed by atoms with E-state index in [-0.39, 0.29) is 16.7 Å². The molecule has 0 bridgehead atoms. The van der Waals surface area contributed by atoms with E-state index in [4.69, 9.17) is 0 Å². The van der Waals surface area contributed by atoms with Gasteiger partial charge in [-0.05, 0) is 46.7 Å². The first-order chi connectivity index (χ1) is 12.5. The summed E-state index contributed by atoms with van der Waals surface area (Å²) in [5.74, 6) is 0.254. The lowest BCUT2D eigenvalue weighted by Gasteiger charge is -2.28. The molecule has 0 saturated heterocycles. The van der Waals surface area contributed by atoms with E-state index >= 15 is 0 Å². The average molecular weight is 382 g/mol. The number of amides is 1. The third-order valence-electron chi connectivity index (χ3n) is 4.63. The van der Waals surface area contributed by atoms with E-state index in [1.807, 2.05) is 42.5 Å². The maximum atomic E-state index is 12.5. The molecule has 0 spiro atoms. The second-order valence-electron chi connectivity index (χ2n) is 9.03. The van der Waals surface area contributed by atoms with Crippen LogP contribution in [0.5, 0.6) is 5.75 Å². The zero-order chi connectivity index (χ0) is 20.0. The van der Waals surface area contributed by atoms with Crippen molar-refractivity contribution >= 4 is 29.4 Å². The molecule has 1 aliphatic rings. The Morgan fingerprint density at radius 1 is 0.963 bits per heavy atom. The number of phenols is 1. The average Bonchev–Trinajstić information content (AvgIpc) is 2.54. The van der Waals surface area contributed by atoms with Crippen molar-refractivity contribution in [1.82, 2.24) is 0 Å². The molecular weight excluding hydrogens is 354 g/mol. The van der Waals surface area contributed by atoms with Crippen molar-refractivity contribution in [3.8, 4) is 5.75 Å². The minimum absolute atomic E-state index is 0.0959. The van der Waals surface area contributed by atoms with Gasteiger partial charge in [0.2, 0.25) is 0 Å². The third kappa shape index (κ3) is 4.06. The molecule has 4 heteroatoms. The van der Waals surface area contributed by atoms with Crippen LogP contribution in [-0.4, -0.2) is 11.0 Å². The molecule has 1 aliphatic heterocycles. The molecule has 2 N–H and O–H groups in total. The van der Waals surface area contributed by atoms with Gasteiger partial charge in [-0.3, -0.25) is 4.79 Å². The summed E-state index contributed by atoms with van der Waals surface area (Å²) in [6.07, 6.45) is 1.92. The molecule has 3 rings (SSSR count). The van der Waals surface area contributed by atoms with Gasteiger partial charge in [-0.25, -0.2) is 0 Å². The van der Waals surface area contributed by atoms with Gasteiger partial charge in [-0.15, -0.1) is 0 Å². The highest BCUT2D eigenvalue weighted by Gasteiger charge is 2.27. The summed E-state index contributed by atoms with van der Waals surface area (Å²) in [5.41, 5.74) is 3.16. The van der Waals surface area contributed by atoms with Crippen molar-refractivity contribution in [2.24, 2.45) is 0 Å². The van der Waals surface area contributed by atoms with Crippen molar-refractivity contribution in [3.63, 3.8) is 0 Å². The molecule has 2 aromatic carbocycles. The Balaban J connectivity index is 2.12. The number of hydrogen-bond acceptors (Lipinski definition) is 3. The Kier molecular flexibility index (Phi) is 4.89. The summed E-state index contributed by atoms with van der Waals surface area (Å²) in [4.78, 5) is 14.2. The number of anilines is 1. The van der Waals surface area contributed by atoms with Gasteiger partial charge in [0, 0.05) is 16.0 Å². The fraction of sp³-hybridized carbons (Fsp3) is 0.348. The summed E-state index contributed by atoms with van der Waals surface area (Å²) < 4.78 is 0. The van der Waals surface area contributed by atoms with Crippen molar-refractivity contribution < 1.29 is 9.90 Å². The number of hydrogen-bond donors (Lipinski definition) is 2. The van der Waals surface area contributed by atoms with Crippen molar-refractivity contribution in [3.05, 3.63) is 58.0 Å². The van der Waals surface area contributed by atoms with Gasteiger partial charge in [0.25, 0.3) is 5.91 Å². The number of para-hydroxylation sites is 1. The fourth-order valence-corrected chi connectivity index (χ4v) is 4.09. The molecule has 0 aromatic heterocycles. The molecule has 142 valence electrons. The topological polar surface area (TPSA) is 49.3 Å². The van der Waals surface area contributed by atoms with E-state index in [1.165, 1.54) is 11.8 Å². The summed E-state index contributed by atoms with van der Waals surface area (Å²) in [5, 5.41) is 13.8. The number of benzene rings is 2. The molecular formula is C23H27NO2S. The lowest BCUT2D eigenvalue weighted by atomic mass is 9.78. The Morgan fingerprint density at radius 2 is 1.52 bits per heavy atom. The maximum absolute atomic E-state index is 12.5. The molecule has 0 atom stereocenters. The standard InChI is InChI=1S/C23H27NO2S/c1-22(2,3)15-11-14(12-16(20(15)25)23(4,5)6)13-19-21(26)24-17-9-7-8-10-18(17)27-19/h7-13,25H,1-6H3,(H,24,26)/b19-13-. The van der Waals surface area contributed by atoms with Crippen LogP contribution in [0, 0.1) is 0 Å². The molecule has 1 heterocycles. The summed E-state index contributed by atoms with van der Waals surface area (Å²) in [6.45, 7) is 12.5. The highest BCUT2D eigenvalue weighted by Crippen LogP contribution is 2.42. The smallest absolute Gasteiger partial charge is 0.262 e. The monoisotopic (exact) mass is 381 g/mol.